The van der Waals surface area contributed by atoms with Crippen molar-refractivity contribution < 1.29 is 14.3 Å². The third-order valence-corrected chi connectivity index (χ3v) is 5.37. The molecule has 0 radical (unpaired) electrons. The van der Waals surface area contributed by atoms with Crippen LogP contribution in [0.5, 0.6) is 0 Å². The fourth-order valence-electron chi connectivity index (χ4n) is 3.69. The van der Waals surface area contributed by atoms with Crippen LogP contribution >= 0.6 is 12.2 Å². The van der Waals surface area contributed by atoms with Gasteiger partial charge >= 0.3 is 5.97 Å². The highest BCUT2D eigenvalue weighted by molar-refractivity contribution is 7.80. The zero-order valence-corrected chi connectivity index (χ0v) is 18.2. The number of esters is 1. The van der Waals surface area contributed by atoms with E-state index in [4.69, 9.17) is 17.0 Å². The maximum Gasteiger partial charge on any atom is 0.336 e. The van der Waals surface area contributed by atoms with Crippen LogP contribution in [0.1, 0.15) is 42.3 Å². The van der Waals surface area contributed by atoms with E-state index < -0.39 is 0 Å². The van der Waals surface area contributed by atoms with Crippen molar-refractivity contribution >= 4 is 34.9 Å². The highest BCUT2D eigenvalue weighted by Gasteiger charge is 2.34. The number of nitrogens with one attached hydrogen (secondary N) is 2. The zero-order valence-electron chi connectivity index (χ0n) is 17.4. The molecule has 6 heteroatoms. The Morgan fingerprint density at radius 3 is 2.43 bits per heavy atom. The number of hydrogen-bond donors (Lipinski definition) is 2. The molecule has 0 aliphatic heterocycles. The predicted molar refractivity (Wildman–Crippen MR) is 122 cm³/mol. The molecule has 0 saturated carbocycles. The van der Waals surface area contributed by atoms with Crippen LogP contribution < -0.4 is 10.6 Å². The molecule has 5 nitrogen and oxygen atoms in total. The van der Waals surface area contributed by atoms with Crippen LogP contribution in [0.4, 0.5) is 0 Å². The smallest absolute Gasteiger partial charge is 0.336 e. The molecule has 0 fully saturated rings. The van der Waals surface area contributed by atoms with Gasteiger partial charge in [-0.1, -0.05) is 56.3 Å². The summed E-state index contributed by atoms with van der Waals surface area (Å²) in [4.78, 5) is 25.4. The largest absolute Gasteiger partial charge is 0.463 e. The monoisotopic (exact) mass is 422 g/mol. The lowest BCUT2D eigenvalue weighted by Gasteiger charge is -2.32. The number of hydrogen-bond acceptors (Lipinski definition) is 4. The van der Waals surface area contributed by atoms with Crippen LogP contribution in [-0.4, -0.2) is 23.6 Å². The first kappa shape index (κ1) is 21.7. The van der Waals surface area contributed by atoms with E-state index in [1.165, 1.54) is 0 Å². The van der Waals surface area contributed by atoms with Crippen molar-refractivity contribution in [1.82, 2.24) is 10.6 Å². The third kappa shape index (κ3) is 4.76. The summed E-state index contributed by atoms with van der Waals surface area (Å²) in [5.74, 6) is -0.461. The Morgan fingerprint density at radius 1 is 1.10 bits per heavy atom. The van der Waals surface area contributed by atoms with Crippen LogP contribution in [0, 0.1) is 11.8 Å². The molecule has 0 unspecified atom stereocenters. The fraction of sp³-hybridized carbons (Fsp3) is 0.292. The van der Waals surface area contributed by atoms with Gasteiger partial charge in [0.05, 0.1) is 17.9 Å². The van der Waals surface area contributed by atoms with Gasteiger partial charge in [-0.3, -0.25) is 10.1 Å². The number of ether oxygens (including phenoxy) is 1. The first-order valence-corrected chi connectivity index (χ1v) is 10.5. The molecular weight excluding hydrogens is 396 g/mol. The van der Waals surface area contributed by atoms with Crippen molar-refractivity contribution in [1.29, 1.82) is 0 Å². The van der Waals surface area contributed by atoms with Crippen LogP contribution in [-0.2, 0) is 16.0 Å². The molecule has 0 heterocycles. The summed E-state index contributed by atoms with van der Waals surface area (Å²) in [6, 6.07) is 16.8. The molecular formula is C24H26N2O3S. The first-order chi connectivity index (χ1) is 14.4. The predicted octanol–water partition coefficient (Wildman–Crippen LogP) is 4.09. The van der Waals surface area contributed by atoms with E-state index in [0.717, 1.165) is 17.5 Å². The van der Waals surface area contributed by atoms with Gasteiger partial charge in [-0.25, -0.2) is 4.79 Å². The lowest BCUT2D eigenvalue weighted by molar-refractivity contribution is -0.139. The van der Waals surface area contributed by atoms with Crippen molar-refractivity contribution in [3.63, 3.8) is 0 Å². The van der Waals surface area contributed by atoms with E-state index in [0.29, 0.717) is 16.8 Å². The van der Waals surface area contributed by atoms with Crippen LogP contribution in [0.3, 0.4) is 0 Å². The maximum atomic E-state index is 12.9. The Bertz CT molecular complexity index is 983. The lowest BCUT2D eigenvalue weighted by atomic mass is 9.76. The van der Waals surface area contributed by atoms with Crippen molar-refractivity contribution in [2.45, 2.75) is 27.2 Å². The summed E-state index contributed by atoms with van der Waals surface area (Å²) >= 11 is 5.42. The second-order valence-corrected chi connectivity index (χ2v) is 7.90. The number of fused-ring (bicyclic) bond motifs is 1. The average molecular weight is 423 g/mol. The summed E-state index contributed by atoms with van der Waals surface area (Å²) in [6.07, 6.45) is 0.746. The van der Waals surface area contributed by atoms with Gasteiger partial charge in [0, 0.05) is 11.1 Å². The molecule has 2 aromatic carbocycles. The minimum atomic E-state index is -0.356. The summed E-state index contributed by atoms with van der Waals surface area (Å²) in [5, 5.41) is 5.97. The molecule has 0 spiro atoms. The molecule has 3 rings (SSSR count). The summed E-state index contributed by atoms with van der Waals surface area (Å²) in [6.45, 7) is 6.25. The molecule has 1 aliphatic carbocycles. The Kier molecular flexibility index (Phi) is 7.00. The highest BCUT2D eigenvalue weighted by atomic mass is 32.1. The molecule has 0 bridgehead atoms. The molecule has 156 valence electrons. The van der Waals surface area contributed by atoms with Crippen LogP contribution in [0.2, 0.25) is 0 Å². The van der Waals surface area contributed by atoms with Crippen LogP contribution in [0.15, 0.2) is 60.2 Å². The highest BCUT2D eigenvalue weighted by Crippen LogP contribution is 2.37. The van der Waals surface area contributed by atoms with E-state index >= 15 is 0 Å². The molecule has 2 N–H and O–H groups in total. The minimum Gasteiger partial charge on any atom is -0.463 e. The number of benzene rings is 2. The molecule has 1 amide bonds. The lowest BCUT2D eigenvalue weighted by Crippen LogP contribution is -2.41. The second kappa shape index (κ2) is 9.67. The van der Waals surface area contributed by atoms with Gasteiger partial charge in [-0.2, -0.15) is 0 Å². The standard InChI is InChI=1S/C24H26N2O3S/c1-4-29-23(28)20-19(15(2)3)14-17-12-8-9-13-18(17)21(20)25-24(30)26-22(27)16-10-6-5-7-11-16/h5-13,15,19H,4,14H2,1-3H3,(H2,25,26,27,30)/t19-/m0/s1. The average Bonchev–Trinajstić information content (AvgIpc) is 2.74. The second-order valence-electron chi connectivity index (χ2n) is 7.50. The van der Waals surface area contributed by atoms with E-state index in [1.807, 2.05) is 24.3 Å². The van der Waals surface area contributed by atoms with E-state index in [2.05, 4.69) is 30.5 Å². The van der Waals surface area contributed by atoms with E-state index in [-0.39, 0.29) is 35.4 Å². The Hall–Kier alpha value is -2.99. The van der Waals surface area contributed by atoms with E-state index in [1.54, 1.807) is 31.2 Å². The maximum absolute atomic E-state index is 12.9. The quantitative estimate of drug-likeness (QED) is 0.561. The SMILES string of the molecule is CCOC(=O)C1=C(NC(=S)NC(=O)c2ccccc2)c2ccccc2C[C@H]1C(C)C. The van der Waals surface area contributed by atoms with Gasteiger partial charge in [-0.05, 0) is 55.1 Å². The molecule has 0 saturated heterocycles. The van der Waals surface area contributed by atoms with Gasteiger partial charge in [0.25, 0.3) is 5.91 Å². The molecule has 0 aromatic heterocycles. The Labute approximate surface area is 182 Å². The Morgan fingerprint density at radius 2 is 1.77 bits per heavy atom. The van der Waals surface area contributed by atoms with Crippen molar-refractivity contribution in [2.24, 2.45) is 11.8 Å². The number of carbonyl (C=O) groups is 2. The van der Waals surface area contributed by atoms with Crippen molar-refractivity contribution in [3.8, 4) is 0 Å². The minimum absolute atomic E-state index is 0.0194. The number of thiocarbonyl (C=S) groups is 1. The third-order valence-electron chi connectivity index (χ3n) is 5.17. The van der Waals surface area contributed by atoms with Crippen molar-refractivity contribution in [3.05, 3.63) is 76.9 Å². The van der Waals surface area contributed by atoms with E-state index in [9.17, 15) is 9.59 Å². The van der Waals surface area contributed by atoms with Gasteiger partial charge in [0.15, 0.2) is 5.11 Å². The van der Waals surface area contributed by atoms with Crippen molar-refractivity contribution in [2.75, 3.05) is 6.61 Å². The molecule has 1 aliphatic rings. The molecule has 2 aromatic rings. The van der Waals surface area contributed by atoms with Gasteiger partial charge < -0.3 is 10.1 Å². The number of amides is 1. The number of rotatable bonds is 5. The summed E-state index contributed by atoms with van der Waals surface area (Å²) in [5.41, 5.74) is 3.71. The molecule has 1 atom stereocenters. The normalized spacial score (nSPS) is 15.4. The van der Waals surface area contributed by atoms with Gasteiger partial charge in [0.2, 0.25) is 0 Å². The summed E-state index contributed by atoms with van der Waals surface area (Å²) < 4.78 is 5.37. The topological polar surface area (TPSA) is 67.4 Å². The molecule has 30 heavy (non-hydrogen) atoms. The number of carbonyl (C=O) groups excluding carboxylic acids is 2. The Balaban J connectivity index is 1.97. The zero-order chi connectivity index (χ0) is 21.7. The van der Waals surface area contributed by atoms with Gasteiger partial charge in [-0.15, -0.1) is 0 Å². The fourth-order valence-corrected chi connectivity index (χ4v) is 3.88. The first-order valence-electron chi connectivity index (χ1n) is 10.1. The summed E-state index contributed by atoms with van der Waals surface area (Å²) in [7, 11) is 0. The van der Waals surface area contributed by atoms with Crippen LogP contribution in [0.25, 0.3) is 5.70 Å². The van der Waals surface area contributed by atoms with Gasteiger partial charge in [0.1, 0.15) is 0 Å².